The van der Waals surface area contributed by atoms with Gasteiger partial charge in [0.2, 0.25) is 0 Å². The third-order valence-electron chi connectivity index (χ3n) is 6.28. The van der Waals surface area contributed by atoms with Crippen LogP contribution in [-0.2, 0) is 14.1 Å². The highest BCUT2D eigenvalue weighted by Gasteiger charge is 2.34. The molecule has 1 aromatic carbocycles. The maximum absolute atomic E-state index is 13.2. The van der Waals surface area contributed by atoms with Gasteiger partial charge >= 0.3 is 5.69 Å². The number of benzene rings is 1. The van der Waals surface area contributed by atoms with Gasteiger partial charge in [0.05, 0.1) is 5.69 Å². The van der Waals surface area contributed by atoms with E-state index in [0.29, 0.717) is 24.5 Å². The first-order chi connectivity index (χ1) is 14.9. The summed E-state index contributed by atoms with van der Waals surface area (Å²) in [5.74, 6) is 0.669. The zero-order valence-electron chi connectivity index (χ0n) is 17.7. The maximum Gasteiger partial charge on any atom is 0.345 e. The average Bonchev–Trinajstić information content (AvgIpc) is 3.47. The van der Waals surface area contributed by atoms with Crippen LogP contribution >= 0.6 is 0 Å². The van der Waals surface area contributed by atoms with Crippen molar-refractivity contribution in [3.63, 3.8) is 0 Å². The molecule has 2 fully saturated rings. The van der Waals surface area contributed by atoms with E-state index in [0.717, 1.165) is 37.1 Å². The van der Waals surface area contributed by atoms with Crippen LogP contribution < -0.4 is 5.69 Å². The molecule has 1 saturated heterocycles. The van der Waals surface area contributed by atoms with Crippen LogP contribution in [0.5, 0.6) is 0 Å². The summed E-state index contributed by atoms with van der Waals surface area (Å²) in [6.07, 6.45) is 3.62. The van der Waals surface area contributed by atoms with E-state index in [9.17, 15) is 14.0 Å². The lowest BCUT2D eigenvalue weighted by Crippen LogP contribution is -2.39. The van der Waals surface area contributed by atoms with E-state index in [2.05, 4.69) is 10.2 Å². The van der Waals surface area contributed by atoms with Gasteiger partial charge in [-0.2, -0.15) is 10.2 Å². The fourth-order valence-electron chi connectivity index (χ4n) is 4.38. The van der Waals surface area contributed by atoms with Gasteiger partial charge in [0.1, 0.15) is 17.3 Å². The van der Waals surface area contributed by atoms with Crippen LogP contribution in [0.3, 0.4) is 0 Å². The predicted octanol–water partition coefficient (Wildman–Crippen LogP) is 2.48. The van der Waals surface area contributed by atoms with Gasteiger partial charge in [-0.15, -0.1) is 0 Å². The summed E-state index contributed by atoms with van der Waals surface area (Å²) in [5, 5.41) is 8.94. The second kappa shape index (κ2) is 7.47. The van der Waals surface area contributed by atoms with Crippen molar-refractivity contribution < 1.29 is 9.18 Å². The second-order valence-corrected chi connectivity index (χ2v) is 8.48. The molecule has 0 radical (unpaired) electrons. The number of amides is 1. The van der Waals surface area contributed by atoms with Crippen LogP contribution in [0.1, 0.15) is 54.0 Å². The molecule has 2 aliphatic rings. The van der Waals surface area contributed by atoms with Crippen molar-refractivity contribution in [3.8, 4) is 11.3 Å². The van der Waals surface area contributed by atoms with Gasteiger partial charge in [-0.25, -0.2) is 13.9 Å². The molecule has 8 nitrogen and oxygen atoms in total. The fraction of sp³-hybridized carbons (Fsp3) is 0.455. The third kappa shape index (κ3) is 3.58. The molecule has 0 spiro atoms. The van der Waals surface area contributed by atoms with Crippen molar-refractivity contribution in [2.45, 2.75) is 37.6 Å². The van der Waals surface area contributed by atoms with Crippen molar-refractivity contribution in [2.24, 2.45) is 14.1 Å². The summed E-state index contributed by atoms with van der Waals surface area (Å²) >= 11 is 0. The van der Waals surface area contributed by atoms with Crippen LogP contribution in [0.2, 0.25) is 0 Å². The third-order valence-corrected chi connectivity index (χ3v) is 6.28. The normalized spacial score (nSPS) is 17.3. The molecule has 5 rings (SSSR count). The Balaban J connectivity index is 1.30. The Morgan fingerprint density at radius 1 is 1.00 bits per heavy atom. The number of aryl methyl sites for hydroxylation is 2. The average molecular weight is 424 g/mol. The minimum atomic E-state index is -0.307. The lowest BCUT2D eigenvalue weighted by atomic mass is 9.95. The van der Waals surface area contributed by atoms with E-state index in [4.69, 9.17) is 0 Å². The Labute approximate surface area is 178 Å². The Morgan fingerprint density at radius 3 is 2.32 bits per heavy atom. The molecular formula is C22H25FN6O2. The Morgan fingerprint density at radius 2 is 1.68 bits per heavy atom. The quantitative estimate of drug-likeness (QED) is 0.645. The molecule has 0 bridgehead atoms. The zero-order valence-corrected chi connectivity index (χ0v) is 17.7. The van der Waals surface area contributed by atoms with Crippen molar-refractivity contribution in [2.75, 3.05) is 13.1 Å². The van der Waals surface area contributed by atoms with Gasteiger partial charge in [-0.3, -0.25) is 14.0 Å². The summed E-state index contributed by atoms with van der Waals surface area (Å²) in [7, 11) is 3.44. The van der Waals surface area contributed by atoms with Crippen molar-refractivity contribution in [3.05, 3.63) is 58.2 Å². The van der Waals surface area contributed by atoms with E-state index in [-0.39, 0.29) is 29.4 Å². The molecule has 0 N–H and O–H groups in total. The topological polar surface area (TPSA) is 78.0 Å². The summed E-state index contributed by atoms with van der Waals surface area (Å²) in [4.78, 5) is 27.4. The Bertz CT molecular complexity index is 1180. The van der Waals surface area contributed by atoms with Crippen LogP contribution in [0.25, 0.3) is 11.3 Å². The van der Waals surface area contributed by atoms with Crippen LogP contribution in [0.4, 0.5) is 4.39 Å². The van der Waals surface area contributed by atoms with Gasteiger partial charge in [-0.05, 0) is 56.0 Å². The van der Waals surface area contributed by atoms with E-state index in [1.54, 1.807) is 37.0 Å². The molecule has 0 unspecified atom stereocenters. The first-order valence-corrected chi connectivity index (χ1v) is 10.7. The SMILES string of the molecule is Cn1nc(-c2ccc(F)cc2)cc1C(=O)N1CCC(c2nn(C)c(=O)n2C2CC2)CC1. The molecular weight excluding hydrogens is 399 g/mol. The highest BCUT2D eigenvalue weighted by atomic mass is 19.1. The van der Waals surface area contributed by atoms with Gasteiger partial charge in [-0.1, -0.05) is 0 Å². The van der Waals surface area contributed by atoms with E-state index in [1.165, 1.54) is 16.8 Å². The first kappa shape index (κ1) is 19.7. The van der Waals surface area contributed by atoms with Gasteiger partial charge in [0, 0.05) is 44.7 Å². The first-order valence-electron chi connectivity index (χ1n) is 10.7. The standard InChI is InChI=1S/C22H25FN6O2/c1-26-19(13-18(24-26)14-3-5-16(23)6-4-14)21(30)28-11-9-15(10-12-28)20-25-27(2)22(31)29(20)17-7-8-17/h3-6,13,15,17H,7-12H2,1-2H3. The number of carbonyl (C=O) groups is 1. The van der Waals surface area contributed by atoms with Crippen molar-refractivity contribution in [1.82, 2.24) is 29.0 Å². The fourth-order valence-corrected chi connectivity index (χ4v) is 4.38. The smallest absolute Gasteiger partial charge is 0.337 e. The summed E-state index contributed by atoms with van der Waals surface area (Å²) in [6, 6.07) is 8.12. The number of carbonyl (C=O) groups excluding carboxylic acids is 1. The van der Waals surface area contributed by atoms with Gasteiger partial charge in [0.15, 0.2) is 0 Å². The molecule has 9 heteroatoms. The lowest BCUT2D eigenvalue weighted by molar-refractivity contribution is 0.0699. The molecule has 3 aromatic rings. The number of nitrogens with zero attached hydrogens (tertiary/aromatic N) is 6. The van der Waals surface area contributed by atoms with Crippen molar-refractivity contribution >= 4 is 5.91 Å². The number of aromatic nitrogens is 5. The highest BCUT2D eigenvalue weighted by Crippen LogP contribution is 2.37. The Kier molecular flexibility index (Phi) is 4.75. The van der Waals surface area contributed by atoms with E-state index in [1.807, 2.05) is 9.47 Å². The van der Waals surface area contributed by atoms with Crippen LogP contribution in [0, 0.1) is 5.82 Å². The molecule has 2 aromatic heterocycles. The molecule has 162 valence electrons. The lowest BCUT2D eigenvalue weighted by Gasteiger charge is -2.31. The number of halogens is 1. The van der Waals surface area contributed by atoms with E-state index >= 15 is 0 Å². The number of likely N-dealkylation sites (tertiary alicyclic amines) is 1. The number of hydrogen-bond acceptors (Lipinski definition) is 4. The zero-order chi connectivity index (χ0) is 21.7. The second-order valence-electron chi connectivity index (χ2n) is 8.48. The monoisotopic (exact) mass is 424 g/mol. The number of hydrogen-bond donors (Lipinski definition) is 0. The van der Waals surface area contributed by atoms with Crippen LogP contribution in [-0.4, -0.2) is 48.0 Å². The minimum Gasteiger partial charge on any atom is -0.337 e. The number of rotatable bonds is 4. The Hall–Kier alpha value is -3.23. The molecule has 1 aliphatic carbocycles. The molecule has 1 aliphatic heterocycles. The minimum absolute atomic E-state index is 0.0424. The summed E-state index contributed by atoms with van der Waals surface area (Å²) in [6.45, 7) is 1.21. The molecule has 0 atom stereocenters. The van der Waals surface area contributed by atoms with Crippen molar-refractivity contribution in [1.29, 1.82) is 0 Å². The van der Waals surface area contributed by atoms with E-state index < -0.39 is 0 Å². The van der Waals surface area contributed by atoms with Crippen LogP contribution in [0.15, 0.2) is 35.1 Å². The predicted molar refractivity (Wildman–Crippen MR) is 112 cm³/mol. The maximum atomic E-state index is 13.2. The molecule has 3 heterocycles. The molecule has 1 amide bonds. The highest BCUT2D eigenvalue weighted by molar-refractivity contribution is 5.93. The largest absolute Gasteiger partial charge is 0.345 e. The number of piperidine rings is 1. The van der Waals surface area contributed by atoms with Gasteiger partial charge in [0.25, 0.3) is 5.91 Å². The summed E-state index contributed by atoms with van der Waals surface area (Å²) in [5.41, 5.74) is 1.87. The molecule has 1 saturated carbocycles. The molecule has 31 heavy (non-hydrogen) atoms. The summed E-state index contributed by atoms with van der Waals surface area (Å²) < 4.78 is 18.1. The van der Waals surface area contributed by atoms with Gasteiger partial charge < -0.3 is 4.90 Å².